The number of carbonyl (C=O) groups excluding carboxylic acids is 2. The molecule has 0 saturated heterocycles. The van der Waals surface area contributed by atoms with Crippen molar-refractivity contribution in [3.63, 3.8) is 0 Å². The number of hydrogen-bond acceptors (Lipinski definition) is 3. The minimum absolute atomic E-state index is 0.452. The number of nitrogens with one attached hydrogen (secondary N) is 1. The van der Waals surface area contributed by atoms with Gasteiger partial charge >= 0.3 is 12.1 Å². The molecule has 0 aromatic heterocycles. The molecule has 0 aliphatic rings. The summed E-state index contributed by atoms with van der Waals surface area (Å²) in [7, 11) is 0. The minimum atomic E-state index is -4.61. The van der Waals surface area contributed by atoms with E-state index in [2.05, 4.69) is 4.74 Å². The molecule has 1 aromatic carbocycles. The lowest BCUT2D eigenvalue weighted by atomic mass is 10.2. The first-order valence-electron chi connectivity index (χ1n) is 5.25. The van der Waals surface area contributed by atoms with Crippen LogP contribution in [0.5, 0.6) is 0 Å². The van der Waals surface area contributed by atoms with Crippen molar-refractivity contribution in [2.24, 2.45) is 0 Å². The number of esters is 1. The second kappa shape index (κ2) is 6.70. The summed E-state index contributed by atoms with van der Waals surface area (Å²) in [5, 5.41) is 0.993. The van der Waals surface area contributed by atoms with Crippen molar-refractivity contribution in [2.75, 3.05) is 13.2 Å². The Morgan fingerprint density at radius 1 is 1.19 bits per heavy atom. The quantitative estimate of drug-likeness (QED) is 0.524. The average molecular weight is 332 g/mol. The van der Waals surface area contributed by atoms with Crippen molar-refractivity contribution in [3.05, 3.63) is 34.4 Å². The zero-order chi connectivity index (χ0) is 16.2. The Kier molecular flexibility index (Phi) is 5.47. The Morgan fingerprint density at radius 2 is 1.76 bits per heavy atom. The number of alkyl halides is 3. The number of carbonyl (C=O) groups is 2. The lowest BCUT2D eigenvalue weighted by Crippen LogP contribution is -2.36. The highest BCUT2D eigenvalue weighted by molar-refractivity contribution is 6.33. The van der Waals surface area contributed by atoms with E-state index in [0.29, 0.717) is 12.1 Å². The zero-order valence-corrected chi connectivity index (χ0v) is 10.8. The van der Waals surface area contributed by atoms with Crippen LogP contribution in [0, 0.1) is 11.6 Å². The molecule has 10 heteroatoms. The largest absolute Gasteiger partial charge is 0.452 e. The van der Waals surface area contributed by atoms with E-state index in [0.717, 1.165) is 0 Å². The number of halogens is 6. The van der Waals surface area contributed by atoms with Gasteiger partial charge in [0.15, 0.2) is 18.2 Å². The van der Waals surface area contributed by atoms with Crippen molar-refractivity contribution in [2.45, 2.75) is 6.18 Å². The number of ether oxygens (including phenoxy) is 1. The van der Waals surface area contributed by atoms with Crippen LogP contribution in [0.4, 0.5) is 22.0 Å². The van der Waals surface area contributed by atoms with Crippen LogP contribution in [-0.4, -0.2) is 31.2 Å². The number of benzene rings is 1. The maximum atomic E-state index is 12.9. The highest BCUT2D eigenvalue weighted by atomic mass is 35.5. The van der Waals surface area contributed by atoms with E-state index in [1.165, 1.54) is 5.32 Å². The van der Waals surface area contributed by atoms with Gasteiger partial charge in [0.1, 0.15) is 6.54 Å². The molecule has 0 bridgehead atoms. The summed E-state index contributed by atoms with van der Waals surface area (Å²) in [5.74, 6) is -5.15. The van der Waals surface area contributed by atoms with E-state index in [1.807, 2.05) is 0 Å². The van der Waals surface area contributed by atoms with E-state index < -0.39 is 53.4 Å². The summed E-state index contributed by atoms with van der Waals surface area (Å²) >= 11 is 5.48. The summed E-state index contributed by atoms with van der Waals surface area (Å²) < 4.78 is 65.4. The van der Waals surface area contributed by atoms with Crippen molar-refractivity contribution in [1.29, 1.82) is 0 Å². The third kappa shape index (κ3) is 5.54. The van der Waals surface area contributed by atoms with Gasteiger partial charge in [-0.3, -0.25) is 4.79 Å². The highest BCUT2D eigenvalue weighted by Gasteiger charge is 2.28. The molecule has 0 spiro atoms. The van der Waals surface area contributed by atoms with Gasteiger partial charge < -0.3 is 10.1 Å². The molecule has 0 heterocycles. The third-order valence-electron chi connectivity index (χ3n) is 2.05. The van der Waals surface area contributed by atoms with Crippen LogP contribution in [0.3, 0.4) is 0 Å². The van der Waals surface area contributed by atoms with Crippen LogP contribution in [-0.2, 0) is 9.53 Å². The molecular formula is C11H7ClF5NO3. The van der Waals surface area contributed by atoms with E-state index in [-0.39, 0.29) is 0 Å². The van der Waals surface area contributed by atoms with Gasteiger partial charge in [-0.15, -0.1) is 0 Å². The van der Waals surface area contributed by atoms with E-state index in [4.69, 9.17) is 11.6 Å². The van der Waals surface area contributed by atoms with Gasteiger partial charge in [0.05, 0.1) is 10.6 Å². The zero-order valence-electron chi connectivity index (χ0n) is 10.1. The lowest BCUT2D eigenvalue weighted by Gasteiger charge is -2.09. The first-order valence-corrected chi connectivity index (χ1v) is 5.63. The molecule has 0 fully saturated rings. The molecule has 1 rings (SSSR count). The normalized spacial score (nSPS) is 11.1. The fraction of sp³-hybridized carbons (Fsp3) is 0.273. The molecule has 0 aliphatic heterocycles. The van der Waals surface area contributed by atoms with E-state index in [9.17, 15) is 31.5 Å². The summed E-state index contributed by atoms with van der Waals surface area (Å²) in [6.45, 7) is -2.61. The van der Waals surface area contributed by atoms with Crippen molar-refractivity contribution < 1.29 is 36.3 Å². The van der Waals surface area contributed by atoms with Crippen LogP contribution in [0.25, 0.3) is 0 Å². The molecular weight excluding hydrogens is 325 g/mol. The van der Waals surface area contributed by atoms with E-state index in [1.54, 1.807) is 0 Å². The molecule has 116 valence electrons. The Morgan fingerprint density at radius 3 is 2.33 bits per heavy atom. The molecule has 21 heavy (non-hydrogen) atoms. The van der Waals surface area contributed by atoms with Gasteiger partial charge in [-0.25, -0.2) is 13.6 Å². The van der Waals surface area contributed by atoms with Crippen LogP contribution >= 0.6 is 11.6 Å². The molecule has 0 radical (unpaired) electrons. The Hall–Kier alpha value is -1.90. The average Bonchev–Trinajstić information content (AvgIpc) is 2.37. The van der Waals surface area contributed by atoms with Gasteiger partial charge in [-0.2, -0.15) is 13.2 Å². The molecule has 0 aliphatic carbocycles. The topological polar surface area (TPSA) is 55.4 Å². The van der Waals surface area contributed by atoms with Crippen molar-refractivity contribution >= 4 is 23.5 Å². The minimum Gasteiger partial charge on any atom is -0.452 e. The van der Waals surface area contributed by atoms with Gasteiger partial charge in [-0.1, -0.05) is 11.6 Å². The lowest BCUT2D eigenvalue weighted by molar-refractivity contribution is -0.140. The molecule has 1 N–H and O–H groups in total. The Labute approximate surface area is 119 Å². The van der Waals surface area contributed by atoms with Gasteiger partial charge in [-0.05, 0) is 12.1 Å². The standard InChI is InChI=1S/C11H7ClF5NO3/c12-6-2-8(14)7(13)1-5(6)10(20)21-3-9(19)18-4-11(15,16)17/h1-2H,3-4H2,(H,18,19). The number of rotatable bonds is 4. The van der Waals surface area contributed by atoms with Gasteiger partial charge in [0.25, 0.3) is 5.91 Å². The maximum absolute atomic E-state index is 12.9. The van der Waals surface area contributed by atoms with Crippen LogP contribution in [0.2, 0.25) is 5.02 Å². The SMILES string of the molecule is O=C(COC(=O)c1cc(F)c(F)cc1Cl)NCC(F)(F)F. The molecule has 0 unspecified atom stereocenters. The summed E-state index contributed by atoms with van der Waals surface area (Å²) in [5.41, 5.74) is -0.556. The fourth-order valence-corrected chi connectivity index (χ4v) is 1.37. The molecule has 1 aromatic rings. The van der Waals surface area contributed by atoms with Crippen LogP contribution in [0.15, 0.2) is 12.1 Å². The summed E-state index contributed by atoms with van der Waals surface area (Å²) in [6.07, 6.45) is -4.61. The fourth-order valence-electron chi connectivity index (χ4n) is 1.14. The maximum Gasteiger partial charge on any atom is 0.405 e. The predicted molar refractivity (Wildman–Crippen MR) is 60.7 cm³/mol. The number of hydrogen-bond donors (Lipinski definition) is 1. The number of amides is 1. The second-order valence-corrected chi connectivity index (χ2v) is 4.12. The smallest absolute Gasteiger partial charge is 0.405 e. The summed E-state index contributed by atoms with van der Waals surface area (Å²) in [6, 6.07) is 0.977. The van der Waals surface area contributed by atoms with Gasteiger partial charge in [0.2, 0.25) is 0 Å². The Bertz CT molecular complexity index is 562. The summed E-state index contributed by atoms with van der Waals surface area (Å²) in [4.78, 5) is 22.4. The van der Waals surface area contributed by atoms with Crippen molar-refractivity contribution in [1.82, 2.24) is 5.32 Å². The van der Waals surface area contributed by atoms with Crippen LogP contribution < -0.4 is 5.32 Å². The van der Waals surface area contributed by atoms with E-state index >= 15 is 0 Å². The predicted octanol–water partition coefficient (Wildman–Crippen LogP) is 2.45. The molecule has 4 nitrogen and oxygen atoms in total. The third-order valence-corrected chi connectivity index (χ3v) is 2.36. The molecule has 1 amide bonds. The monoisotopic (exact) mass is 331 g/mol. The van der Waals surface area contributed by atoms with Gasteiger partial charge in [0, 0.05) is 0 Å². The highest BCUT2D eigenvalue weighted by Crippen LogP contribution is 2.20. The van der Waals surface area contributed by atoms with Crippen LogP contribution in [0.1, 0.15) is 10.4 Å². The first kappa shape index (κ1) is 17.2. The van der Waals surface area contributed by atoms with Crippen molar-refractivity contribution in [3.8, 4) is 0 Å². The second-order valence-electron chi connectivity index (χ2n) is 3.71. The first-order chi connectivity index (χ1) is 9.60. The molecule has 0 saturated carbocycles. The molecule has 0 atom stereocenters. The Balaban J connectivity index is 2.59.